The standard InChI is InChI=1S/C11H17NO3.C6H3N3O7/c1-13-9-6-8(4-5-12)7-10(14-2)11(9)15-3;10-6-4(8(13)14)1-3(7(11)12)2-5(6)9(15)16/h6-7H,4-5,12H2,1-3H3;1-2,10H. The molecule has 3 N–H and O–H groups in total. The molecule has 0 amide bonds. The molecule has 14 heteroatoms. The lowest BCUT2D eigenvalue weighted by atomic mass is 10.1. The number of nitro groups is 3. The molecule has 0 aliphatic carbocycles. The van der Waals surface area contributed by atoms with Gasteiger partial charge in [-0.1, -0.05) is 0 Å². The van der Waals surface area contributed by atoms with Crippen molar-refractivity contribution in [3.8, 4) is 23.0 Å². The fourth-order valence-electron chi connectivity index (χ4n) is 2.42. The largest absolute Gasteiger partial charge is 0.497 e. The van der Waals surface area contributed by atoms with Gasteiger partial charge in [0.1, 0.15) is 0 Å². The molecule has 31 heavy (non-hydrogen) atoms. The number of non-ortho nitro benzene ring substituents is 1. The highest BCUT2D eigenvalue weighted by molar-refractivity contribution is 5.64. The van der Waals surface area contributed by atoms with Gasteiger partial charge in [-0.05, 0) is 30.7 Å². The van der Waals surface area contributed by atoms with Crippen LogP contribution < -0.4 is 19.9 Å². The smallest absolute Gasteiger partial charge is 0.324 e. The van der Waals surface area contributed by atoms with E-state index in [1.54, 1.807) is 21.3 Å². The Morgan fingerprint density at radius 2 is 1.29 bits per heavy atom. The van der Waals surface area contributed by atoms with Crippen molar-refractivity contribution < 1.29 is 34.1 Å². The predicted molar refractivity (Wildman–Crippen MR) is 107 cm³/mol. The SMILES string of the molecule is COc1cc(CCN)cc(OC)c1OC.O=[N+]([O-])c1cc([N+](=O)[O-])c(O)c([N+](=O)[O-])c1. The summed E-state index contributed by atoms with van der Waals surface area (Å²) in [7, 11) is 4.79. The van der Waals surface area contributed by atoms with Crippen molar-refractivity contribution in [1.29, 1.82) is 0 Å². The lowest BCUT2D eigenvalue weighted by Crippen LogP contribution is -2.04. The fourth-order valence-corrected chi connectivity index (χ4v) is 2.42. The molecule has 2 rings (SSSR count). The van der Waals surface area contributed by atoms with Gasteiger partial charge in [-0.2, -0.15) is 0 Å². The number of nitrogens with two attached hydrogens (primary N) is 1. The van der Waals surface area contributed by atoms with Crippen LogP contribution in [0.5, 0.6) is 23.0 Å². The first-order valence-corrected chi connectivity index (χ1v) is 8.40. The molecule has 0 radical (unpaired) electrons. The molecule has 0 bridgehead atoms. The van der Waals surface area contributed by atoms with E-state index < -0.39 is 37.6 Å². The normalized spacial score (nSPS) is 9.81. The van der Waals surface area contributed by atoms with Gasteiger partial charge in [-0.3, -0.25) is 30.3 Å². The van der Waals surface area contributed by atoms with E-state index >= 15 is 0 Å². The van der Waals surface area contributed by atoms with E-state index in [4.69, 9.17) is 25.1 Å². The van der Waals surface area contributed by atoms with Crippen molar-refractivity contribution in [2.24, 2.45) is 5.73 Å². The van der Waals surface area contributed by atoms with E-state index in [2.05, 4.69) is 0 Å². The first kappa shape index (κ1) is 24.8. The van der Waals surface area contributed by atoms with Crippen molar-refractivity contribution in [2.75, 3.05) is 27.9 Å². The van der Waals surface area contributed by atoms with Crippen LogP contribution in [0.25, 0.3) is 0 Å². The molecule has 0 aliphatic heterocycles. The van der Waals surface area contributed by atoms with E-state index in [0.29, 0.717) is 35.9 Å². The maximum Gasteiger partial charge on any atom is 0.324 e. The molecule has 0 atom stereocenters. The summed E-state index contributed by atoms with van der Waals surface area (Å²) in [6, 6.07) is 4.72. The quantitative estimate of drug-likeness (QED) is 0.450. The number of benzene rings is 2. The van der Waals surface area contributed by atoms with Gasteiger partial charge in [0, 0.05) is 0 Å². The molecule has 168 valence electrons. The second kappa shape index (κ2) is 11.1. The molecule has 0 spiro atoms. The van der Waals surface area contributed by atoms with Crippen molar-refractivity contribution in [3.63, 3.8) is 0 Å². The van der Waals surface area contributed by atoms with Crippen LogP contribution in [0.15, 0.2) is 24.3 Å². The highest BCUT2D eigenvalue weighted by Crippen LogP contribution is 2.39. The zero-order valence-corrected chi connectivity index (χ0v) is 16.8. The van der Waals surface area contributed by atoms with Gasteiger partial charge in [0.05, 0.1) is 48.2 Å². The van der Waals surface area contributed by atoms with Gasteiger partial charge in [-0.15, -0.1) is 0 Å². The van der Waals surface area contributed by atoms with Gasteiger partial charge in [0.15, 0.2) is 11.5 Å². The number of phenolic OH excluding ortho intramolecular Hbond substituents is 1. The Hall–Kier alpha value is -4.20. The van der Waals surface area contributed by atoms with Crippen LogP contribution in [0.1, 0.15) is 5.56 Å². The summed E-state index contributed by atoms with van der Waals surface area (Å²) in [5.74, 6) is 0.738. The van der Waals surface area contributed by atoms with E-state index in [9.17, 15) is 30.3 Å². The van der Waals surface area contributed by atoms with Crippen molar-refractivity contribution in [3.05, 3.63) is 60.2 Å². The van der Waals surface area contributed by atoms with Crippen LogP contribution in [0.2, 0.25) is 0 Å². The monoisotopic (exact) mass is 440 g/mol. The zero-order chi connectivity index (χ0) is 23.7. The van der Waals surface area contributed by atoms with Crippen molar-refractivity contribution >= 4 is 17.1 Å². The number of aromatic hydroxyl groups is 1. The van der Waals surface area contributed by atoms with Gasteiger partial charge in [0.2, 0.25) is 5.75 Å². The number of hydrogen-bond acceptors (Lipinski definition) is 11. The summed E-state index contributed by atoms with van der Waals surface area (Å²) >= 11 is 0. The average molecular weight is 440 g/mol. The van der Waals surface area contributed by atoms with Crippen LogP contribution in [0.3, 0.4) is 0 Å². The van der Waals surface area contributed by atoms with Crippen LogP contribution in [0, 0.1) is 30.3 Å². The summed E-state index contributed by atoms with van der Waals surface area (Å²) in [5.41, 5.74) is 3.58. The molecular formula is C17H20N4O10. The van der Waals surface area contributed by atoms with Gasteiger partial charge in [-0.25, -0.2) is 0 Å². The maximum atomic E-state index is 10.4. The molecule has 0 fully saturated rings. The molecule has 0 saturated carbocycles. The average Bonchev–Trinajstić information content (AvgIpc) is 2.73. The van der Waals surface area contributed by atoms with Crippen molar-refractivity contribution in [2.45, 2.75) is 6.42 Å². The van der Waals surface area contributed by atoms with Crippen LogP contribution in [0.4, 0.5) is 17.1 Å². The van der Waals surface area contributed by atoms with E-state index in [1.807, 2.05) is 12.1 Å². The first-order chi connectivity index (χ1) is 14.6. The Bertz CT molecular complexity index is 919. The van der Waals surface area contributed by atoms with Gasteiger partial charge in [0.25, 0.3) is 11.4 Å². The number of hydrogen-bond donors (Lipinski definition) is 2. The predicted octanol–water partition coefficient (Wildman–Crippen LogP) is 2.33. The fraction of sp³-hybridized carbons (Fsp3) is 0.294. The van der Waals surface area contributed by atoms with Crippen LogP contribution in [-0.2, 0) is 6.42 Å². The highest BCUT2D eigenvalue weighted by atomic mass is 16.6. The number of phenols is 1. The summed E-state index contributed by atoms with van der Waals surface area (Å²) < 4.78 is 15.6. The third-order valence-corrected chi connectivity index (χ3v) is 3.82. The first-order valence-electron chi connectivity index (χ1n) is 8.40. The Morgan fingerprint density at radius 1 is 0.839 bits per heavy atom. The number of ether oxygens (including phenoxy) is 3. The van der Waals surface area contributed by atoms with E-state index in [1.165, 1.54) is 0 Å². The number of nitro benzene ring substituents is 3. The molecule has 0 unspecified atom stereocenters. The molecular weight excluding hydrogens is 420 g/mol. The summed E-state index contributed by atoms with van der Waals surface area (Å²) in [5, 5.41) is 40.2. The van der Waals surface area contributed by atoms with Crippen molar-refractivity contribution in [1.82, 2.24) is 0 Å². The lowest BCUT2D eigenvalue weighted by Gasteiger charge is -2.13. The van der Waals surface area contributed by atoms with Gasteiger partial charge < -0.3 is 25.1 Å². The zero-order valence-electron chi connectivity index (χ0n) is 16.8. The third-order valence-electron chi connectivity index (χ3n) is 3.82. The second-order valence-corrected chi connectivity index (χ2v) is 5.68. The second-order valence-electron chi connectivity index (χ2n) is 5.68. The summed E-state index contributed by atoms with van der Waals surface area (Å²) in [6.45, 7) is 0.596. The Labute approximate surface area is 175 Å². The van der Waals surface area contributed by atoms with Crippen LogP contribution in [-0.4, -0.2) is 47.8 Å². The van der Waals surface area contributed by atoms with E-state index in [-0.39, 0.29) is 0 Å². The summed E-state index contributed by atoms with van der Waals surface area (Å²) in [6.07, 6.45) is 0.788. The molecule has 0 heterocycles. The minimum absolute atomic E-state index is 0.447. The number of nitrogens with zero attached hydrogens (tertiary/aromatic N) is 3. The minimum Gasteiger partial charge on any atom is -0.497 e. The van der Waals surface area contributed by atoms with Gasteiger partial charge >= 0.3 is 11.4 Å². The molecule has 0 aliphatic rings. The molecule has 0 aromatic heterocycles. The number of rotatable bonds is 8. The molecule has 14 nitrogen and oxygen atoms in total. The maximum absolute atomic E-state index is 10.4. The Balaban J connectivity index is 0.000000311. The minimum atomic E-state index is -1.21. The summed E-state index contributed by atoms with van der Waals surface area (Å²) in [4.78, 5) is 27.8. The molecule has 0 saturated heterocycles. The Kier molecular flexibility index (Phi) is 8.90. The molecule has 2 aromatic carbocycles. The molecule has 2 aromatic rings. The lowest BCUT2D eigenvalue weighted by molar-refractivity contribution is -0.404. The topological polar surface area (TPSA) is 203 Å². The third kappa shape index (κ3) is 6.14. The number of methoxy groups -OCH3 is 3. The van der Waals surface area contributed by atoms with Crippen LogP contribution >= 0.6 is 0 Å². The highest BCUT2D eigenvalue weighted by Gasteiger charge is 2.30. The van der Waals surface area contributed by atoms with E-state index in [0.717, 1.165) is 12.0 Å². The Morgan fingerprint density at radius 3 is 1.58 bits per heavy atom.